The van der Waals surface area contributed by atoms with Crippen LogP contribution in [0.3, 0.4) is 0 Å². The predicted molar refractivity (Wildman–Crippen MR) is 55.2 cm³/mol. The maximum Gasteiger partial charge on any atom is 0.235 e. The second-order valence-electron chi connectivity index (χ2n) is 3.75. The van der Waals surface area contributed by atoms with E-state index >= 15 is 0 Å². The van der Waals surface area contributed by atoms with Crippen LogP contribution in [-0.2, 0) is 10.3 Å². The molecule has 0 N–H and O–H groups in total. The lowest BCUT2D eigenvalue weighted by molar-refractivity contribution is 0.556. The van der Waals surface area contributed by atoms with Crippen LogP contribution >= 0.6 is 11.6 Å². The average Bonchev–Trinajstić information content (AvgIpc) is 2.84. The fourth-order valence-corrected chi connectivity index (χ4v) is 1.97. The minimum absolute atomic E-state index is 0.308. The molecule has 0 unspecified atom stereocenters. The Labute approximate surface area is 87.6 Å². The van der Waals surface area contributed by atoms with Crippen molar-refractivity contribution in [3.63, 3.8) is 0 Å². The van der Waals surface area contributed by atoms with Crippen LogP contribution in [0.4, 0.5) is 0 Å². The monoisotopic (exact) mass is 207 g/mol. The van der Waals surface area contributed by atoms with Gasteiger partial charge in [-0.15, -0.1) is 0 Å². The topological polar surface area (TPSA) is 29.4 Å². The third-order valence-electron chi connectivity index (χ3n) is 2.56. The van der Waals surface area contributed by atoms with Crippen molar-refractivity contribution in [2.75, 3.05) is 0 Å². The second kappa shape index (κ2) is 3.23. The summed E-state index contributed by atoms with van der Waals surface area (Å²) in [4.78, 5) is 14.1. The number of carbonyl (C=O) groups excluding carboxylic acids is 1. The van der Waals surface area contributed by atoms with Gasteiger partial charge < -0.3 is 0 Å². The summed E-state index contributed by atoms with van der Waals surface area (Å²) in [5.41, 5.74) is 1.82. The number of benzene rings is 1. The van der Waals surface area contributed by atoms with Crippen LogP contribution in [-0.4, -0.2) is 6.08 Å². The van der Waals surface area contributed by atoms with Gasteiger partial charge in [-0.25, -0.2) is 4.79 Å². The van der Waals surface area contributed by atoms with Crippen molar-refractivity contribution in [3.8, 4) is 0 Å². The molecule has 2 rings (SSSR count). The SMILES string of the molecule is Cc1cc(Cl)cc(C2(N=C=O)CC2)c1. The molecule has 2 nitrogen and oxygen atoms in total. The zero-order valence-corrected chi connectivity index (χ0v) is 8.64. The average molecular weight is 208 g/mol. The van der Waals surface area contributed by atoms with Crippen LogP contribution in [0.2, 0.25) is 5.02 Å². The summed E-state index contributed by atoms with van der Waals surface area (Å²) in [6.45, 7) is 1.98. The molecule has 3 heteroatoms. The minimum atomic E-state index is -0.308. The zero-order valence-electron chi connectivity index (χ0n) is 7.88. The van der Waals surface area contributed by atoms with Crippen molar-refractivity contribution in [1.29, 1.82) is 0 Å². The second-order valence-corrected chi connectivity index (χ2v) is 4.19. The molecule has 0 spiro atoms. The molecular weight excluding hydrogens is 198 g/mol. The van der Waals surface area contributed by atoms with Crippen LogP contribution < -0.4 is 0 Å². The first-order valence-electron chi connectivity index (χ1n) is 4.53. The van der Waals surface area contributed by atoms with Gasteiger partial charge in [0, 0.05) is 5.02 Å². The van der Waals surface area contributed by atoms with E-state index in [4.69, 9.17) is 11.6 Å². The summed E-state index contributed by atoms with van der Waals surface area (Å²) in [6.07, 6.45) is 3.48. The Kier molecular flexibility index (Phi) is 2.18. The summed E-state index contributed by atoms with van der Waals surface area (Å²) >= 11 is 5.94. The van der Waals surface area contributed by atoms with E-state index < -0.39 is 0 Å². The van der Waals surface area contributed by atoms with Crippen molar-refractivity contribution < 1.29 is 4.79 Å². The molecule has 0 atom stereocenters. The molecule has 72 valence electrons. The molecule has 1 saturated carbocycles. The highest BCUT2D eigenvalue weighted by Crippen LogP contribution is 2.49. The Hall–Kier alpha value is -1.11. The quantitative estimate of drug-likeness (QED) is 0.542. The van der Waals surface area contributed by atoms with E-state index in [1.54, 1.807) is 6.08 Å². The van der Waals surface area contributed by atoms with Gasteiger partial charge in [0.05, 0.1) is 5.54 Å². The fourth-order valence-electron chi connectivity index (χ4n) is 1.68. The summed E-state index contributed by atoms with van der Waals surface area (Å²) < 4.78 is 0. The molecule has 0 saturated heterocycles. The molecule has 0 bridgehead atoms. The number of halogens is 1. The molecule has 0 aliphatic heterocycles. The lowest BCUT2D eigenvalue weighted by atomic mass is 10.0. The molecular formula is C11H10ClNO. The first-order chi connectivity index (χ1) is 6.66. The highest BCUT2D eigenvalue weighted by atomic mass is 35.5. The highest BCUT2D eigenvalue weighted by Gasteiger charge is 2.44. The summed E-state index contributed by atoms with van der Waals surface area (Å²) in [7, 11) is 0. The Bertz CT molecular complexity index is 397. The van der Waals surface area contributed by atoms with Crippen molar-refractivity contribution >= 4 is 17.7 Å². The van der Waals surface area contributed by atoms with Gasteiger partial charge in [0.25, 0.3) is 0 Å². The van der Waals surface area contributed by atoms with E-state index in [-0.39, 0.29) is 5.54 Å². The lowest BCUT2D eigenvalue weighted by Crippen LogP contribution is -2.02. The van der Waals surface area contributed by atoms with Gasteiger partial charge in [-0.3, -0.25) is 0 Å². The van der Waals surface area contributed by atoms with Crippen molar-refractivity contribution in [2.45, 2.75) is 25.3 Å². The van der Waals surface area contributed by atoms with E-state index in [0.29, 0.717) is 5.02 Å². The summed E-state index contributed by atoms with van der Waals surface area (Å²) in [5.74, 6) is 0. The third-order valence-corrected chi connectivity index (χ3v) is 2.78. The van der Waals surface area contributed by atoms with Gasteiger partial charge in [0.2, 0.25) is 6.08 Å². The first kappa shape index (κ1) is 9.45. The summed E-state index contributed by atoms with van der Waals surface area (Å²) in [6, 6.07) is 5.80. The molecule has 1 aromatic carbocycles. The van der Waals surface area contributed by atoms with Crippen molar-refractivity contribution in [1.82, 2.24) is 0 Å². The smallest absolute Gasteiger partial charge is 0.211 e. The van der Waals surface area contributed by atoms with Gasteiger partial charge >= 0.3 is 0 Å². The molecule has 0 heterocycles. The molecule has 0 radical (unpaired) electrons. The minimum Gasteiger partial charge on any atom is -0.211 e. The van der Waals surface area contributed by atoms with E-state index in [9.17, 15) is 4.79 Å². The highest BCUT2D eigenvalue weighted by molar-refractivity contribution is 6.30. The fraction of sp³-hybridized carbons (Fsp3) is 0.364. The first-order valence-corrected chi connectivity index (χ1v) is 4.91. The molecule has 1 aliphatic rings. The Morgan fingerprint density at radius 1 is 1.43 bits per heavy atom. The zero-order chi connectivity index (χ0) is 10.2. The Morgan fingerprint density at radius 3 is 2.64 bits per heavy atom. The lowest BCUT2D eigenvalue weighted by Gasteiger charge is -2.09. The number of hydrogen-bond acceptors (Lipinski definition) is 2. The Balaban J connectivity index is 2.46. The number of rotatable bonds is 2. The third kappa shape index (κ3) is 1.59. The summed E-state index contributed by atoms with van der Waals surface area (Å²) in [5, 5.41) is 0.701. The van der Waals surface area contributed by atoms with E-state index in [1.165, 1.54) is 0 Å². The predicted octanol–water partition coefficient (Wildman–Crippen LogP) is 2.97. The van der Waals surface area contributed by atoms with Gasteiger partial charge in [0.1, 0.15) is 0 Å². The van der Waals surface area contributed by atoms with Crippen molar-refractivity contribution in [3.05, 3.63) is 34.3 Å². The van der Waals surface area contributed by atoms with Crippen LogP contribution in [0.5, 0.6) is 0 Å². The molecule has 0 aromatic heterocycles. The largest absolute Gasteiger partial charge is 0.235 e. The maximum absolute atomic E-state index is 10.3. The van der Waals surface area contributed by atoms with Crippen molar-refractivity contribution in [2.24, 2.45) is 4.99 Å². The standard InChI is InChI=1S/C11H10ClNO/c1-8-4-9(6-10(12)5-8)11(2-3-11)13-7-14/h4-6H,2-3H2,1H3. The maximum atomic E-state index is 10.3. The van der Waals surface area contributed by atoms with Crippen LogP contribution in [0.1, 0.15) is 24.0 Å². The number of hydrogen-bond donors (Lipinski definition) is 0. The number of isocyanates is 1. The number of aliphatic imine (C=N–C) groups is 1. The van der Waals surface area contributed by atoms with Gasteiger partial charge in [0.15, 0.2) is 0 Å². The van der Waals surface area contributed by atoms with Gasteiger partial charge in [-0.1, -0.05) is 17.7 Å². The van der Waals surface area contributed by atoms with Crippen LogP contribution in [0.15, 0.2) is 23.2 Å². The van der Waals surface area contributed by atoms with Crippen LogP contribution in [0.25, 0.3) is 0 Å². The molecule has 1 fully saturated rings. The van der Waals surface area contributed by atoms with Gasteiger partial charge in [-0.05, 0) is 43.0 Å². The van der Waals surface area contributed by atoms with E-state index in [1.807, 2.05) is 25.1 Å². The van der Waals surface area contributed by atoms with E-state index in [2.05, 4.69) is 4.99 Å². The molecule has 0 amide bonds. The normalized spacial score (nSPS) is 17.3. The number of aryl methyl sites for hydroxylation is 1. The molecule has 14 heavy (non-hydrogen) atoms. The number of nitrogens with zero attached hydrogens (tertiary/aromatic N) is 1. The van der Waals surface area contributed by atoms with E-state index in [0.717, 1.165) is 24.0 Å². The Morgan fingerprint density at radius 2 is 2.14 bits per heavy atom. The van der Waals surface area contributed by atoms with Gasteiger partial charge in [-0.2, -0.15) is 4.99 Å². The van der Waals surface area contributed by atoms with Crippen LogP contribution in [0, 0.1) is 6.92 Å². The molecule has 1 aliphatic carbocycles. The molecule has 1 aromatic rings.